The number of methoxy groups -OCH3 is 1. The molecular formula is C78H102F3N9O18P2S. The smallest absolute Gasteiger partial charge is 0.264 e. The average Bonchev–Trinajstić information content (AvgIpc) is 1.67. The van der Waals surface area contributed by atoms with Crippen molar-refractivity contribution in [2.75, 3.05) is 125 Å². The van der Waals surface area contributed by atoms with E-state index in [1.165, 1.54) is 37.5 Å². The van der Waals surface area contributed by atoms with Crippen LogP contribution >= 0.6 is 14.6 Å². The van der Waals surface area contributed by atoms with Crippen LogP contribution in [0.15, 0.2) is 75.7 Å². The molecule has 0 saturated heterocycles. The highest BCUT2D eigenvalue weighted by Crippen LogP contribution is 2.51. The number of phenols is 1. The van der Waals surface area contributed by atoms with E-state index in [0.29, 0.717) is 133 Å². The molecule has 6 amide bonds. The number of phenolic OH excluding ortho intramolecular Hbond substituents is 1. The molecule has 0 bridgehead atoms. The number of aliphatic imine (C=N–C) groups is 3. The molecule has 0 aromatic heterocycles. The molecule has 3 aromatic rings. The molecule has 5 unspecified atom stereocenters. The summed E-state index contributed by atoms with van der Waals surface area (Å²) in [5.41, 5.74) is 3.97. The molecule has 11 atom stereocenters. The number of carbonyl (C=O) groups is 9. The maximum Gasteiger partial charge on any atom is 0.264 e. The number of carbonyl (C=O) groups excluding carboxylic acids is 9. The lowest BCUT2D eigenvalue weighted by Crippen LogP contribution is -2.33. The molecule has 5 heterocycles. The third kappa shape index (κ3) is 22.3. The lowest BCUT2D eigenvalue weighted by molar-refractivity contribution is -0.138. The van der Waals surface area contributed by atoms with Gasteiger partial charge in [-0.15, -0.1) is 0 Å². The number of benzene rings is 3. The van der Waals surface area contributed by atoms with E-state index in [1.807, 2.05) is 13.8 Å². The minimum atomic E-state index is -3.57. The Labute approximate surface area is 646 Å². The van der Waals surface area contributed by atoms with Crippen LogP contribution in [-0.2, 0) is 52.2 Å². The molecule has 11 rings (SSSR count). The van der Waals surface area contributed by atoms with E-state index < -0.39 is 55.1 Å². The molecule has 3 saturated carbocycles. The van der Waals surface area contributed by atoms with Gasteiger partial charge in [0.1, 0.15) is 30.0 Å². The SMILES string of the molecule is CCCP(=O)(CCOS(C)(=O)=O)N(C)CCCN(C)C(=O)CCCN1C(=O)C=CC1=O.COc1cc2c(cc1OCCP(=O)(CCOc1cc3c(cc1C)C(=O)C1C[C@@H](F)C[C@H]1C=N3)N(C)CCCN(C)C(=O)CCCN1C(=O)C=CC1=O)N=C[C@@H]1C[C@H](F)CC1C2=O.Cc1cc2c(cc1O)N=C[C@@H]1C[C@H](F)CC1C2=O. The number of aryl methyl sites for hydroxylation is 2. The zero-order chi connectivity index (χ0) is 80.8. The van der Waals surface area contributed by atoms with Crippen molar-refractivity contribution in [1.82, 2.24) is 28.9 Å². The maximum absolute atomic E-state index is 15.0. The monoisotopic (exact) mass is 1600 g/mol. The standard InChI is InChI=1S/C45H54F2N5O9P.C19H34N3O7PS.C14H14FNO2/c1-27-17-34-36(48-25-28-18-30(46)20-32(28)44(34)56)23-38(27)60-13-15-62(58,51(3)11-6-10-50(2)41(53)7-5-12-52-42(54)8-9-43(52)55)16-14-61-40-24-37-35(22-39(40)59-4)45(57)33-21-31(47)19-29(33)26-49-37;1-5-15-30(26,16-14-29-31(4,27)28)21(3)12-7-11-20(2)17(23)8-6-13-22-18(24)9-10-19(22)25;1-7-2-11-12(5-13(7)17)16-6-8-3-9(15)4-10(8)14(11)18/h8-9,17,22-26,28-33H,5-7,10-16,18-21H2,1-4H3;9-10H,5-8,11-16H2,1-4H3;2,5-6,8-10,17H,3-4H2,1H3/t28-,29-,30-,31-,32?,33?,62?;;8-,9-,10?/m0.0/s1. The predicted octanol–water partition coefficient (Wildman–Crippen LogP) is 10.9. The Morgan fingerprint density at radius 3 is 1.32 bits per heavy atom. The number of amides is 6. The van der Waals surface area contributed by atoms with Gasteiger partial charge in [0, 0.05) is 204 Å². The molecule has 8 aliphatic rings. The first-order valence-electron chi connectivity index (χ1n) is 37.7. The summed E-state index contributed by atoms with van der Waals surface area (Å²) in [6, 6.07) is 9.79. The number of ether oxygens (including phenoxy) is 3. The minimum Gasteiger partial charge on any atom is -0.508 e. The van der Waals surface area contributed by atoms with E-state index in [1.54, 1.807) is 103 Å². The summed E-state index contributed by atoms with van der Waals surface area (Å²) >= 11 is 0. The summed E-state index contributed by atoms with van der Waals surface area (Å²) in [4.78, 5) is 130. The number of Topliss-reactive ketones (excluding diaryl/α,β-unsaturated/α-hetero) is 3. The third-order valence-corrected chi connectivity index (χ3v) is 28.9. The molecule has 3 aromatic carbocycles. The van der Waals surface area contributed by atoms with Gasteiger partial charge < -0.3 is 38.2 Å². The van der Waals surface area contributed by atoms with Crippen LogP contribution < -0.4 is 14.2 Å². The quantitative estimate of drug-likeness (QED) is 0.0336. The van der Waals surface area contributed by atoms with Gasteiger partial charge in [-0.05, 0) is 128 Å². The van der Waals surface area contributed by atoms with Crippen molar-refractivity contribution in [1.29, 1.82) is 0 Å². The van der Waals surface area contributed by atoms with Crippen molar-refractivity contribution in [2.24, 2.45) is 50.5 Å². The minimum absolute atomic E-state index is 0.00983. The summed E-state index contributed by atoms with van der Waals surface area (Å²) in [6.45, 7) is 7.51. The molecule has 1 N–H and O–H groups in total. The van der Waals surface area contributed by atoms with Gasteiger partial charge in [-0.1, -0.05) is 6.92 Å². The van der Waals surface area contributed by atoms with Gasteiger partial charge in [0.2, 0.25) is 11.8 Å². The molecule has 0 spiro atoms. The highest BCUT2D eigenvalue weighted by atomic mass is 32.2. The van der Waals surface area contributed by atoms with Crippen LogP contribution in [0.4, 0.5) is 30.2 Å². The van der Waals surface area contributed by atoms with Crippen LogP contribution in [0, 0.1) is 49.4 Å². The molecular weight excluding hydrogens is 1500 g/mol. The van der Waals surface area contributed by atoms with Crippen molar-refractivity contribution in [3.8, 4) is 23.0 Å². The van der Waals surface area contributed by atoms with Crippen LogP contribution in [0.5, 0.6) is 23.0 Å². The number of rotatable bonds is 33. The largest absolute Gasteiger partial charge is 0.508 e. The van der Waals surface area contributed by atoms with E-state index in [-0.39, 0.29) is 179 Å². The number of alkyl halides is 3. The van der Waals surface area contributed by atoms with Gasteiger partial charge in [-0.3, -0.25) is 81.5 Å². The van der Waals surface area contributed by atoms with E-state index in [9.17, 15) is 79.0 Å². The summed E-state index contributed by atoms with van der Waals surface area (Å²) < 4.78 is 119. The zero-order valence-corrected chi connectivity index (χ0v) is 67.0. The summed E-state index contributed by atoms with van der Waals surface area (Å²) in [7, 11) is -1.25. The van der Waals surface area contributed by atoms with Crippen LogP contribution in [0.2, 0.25) is 0 Å². The summed E-state index contributed by atoms with van der Waals surface area (Å²) in [5.74, 6) is -2.70. The Hall–Kier alpha value is -8.34. The Morgan fingerprint density at radius 2 is 0.901 bits per heavy atom. The van der Waals surface area contributed by atoms with Gasteiger partial charge in [0.15, 0.2) is 43.4 Å². The third-order valence-electron chi connectivity index (χ3n) is 21.7. The summed E-state index contributed by atoms with van der Waals surface area (Å²) in [5, 5.41) is 9.65. The van der Waals surface area contributed by atoms with Crippen molar-refractivity contribution < 1.29 is 97.4 Å². The highest BCUT2D eigenvalue weighted by molar-refractivity contribution is 7.86. The van der Waals surface area contributed by atoms with Gasteiger partial charge in [0.25, 0.3) is 33.7 Å². The highest BCUT2D eigenvalue weighted by Gasteiger charge is 2.44. The Bertz CT molecular complexity index is 4370. The molecule has 0 radical (unpaired) electrons. The van der Waals surface area contributed by atoms with Crippen molar-refractivity contribution in [3.05, 3.63) is 88.5 Å². The van der Waals surface area contributed by atoms with Crippen molar-refractivity contribution in [2.45, 2.75) is 123 Å². The maximum atomic E-state index is 15.0. The predicted molar refractivity (Wildman–Crippen MR) is 415 cm³/mol. The lowest BCUT2D eigenvalue weighted by Gasteiger charge is -2.29. The molecule has 604 valence electrons. The number of halogens is 3. The molecule has 111 heavy (non-hydrogen) atoms. The van der Waals surface area contributed by atoms with Crippen molar-refractivity contribution in [3.63, 3.8) is 0 Å². The van der Waals surface area contributed by atoms with Gasteiger partial charge >= 0.3 is 0 Å². The molecule has 5 aliphatic heterocycles. The normalized spacial score (nSPS) is 23.2. The van der Waals surface area contributed by atoms with Crippen molar-refractivity contribution >= 4 is 113 Å². The first-order chi connectivity index (χ1) is 52.6. The van der Waals surface area contributed by atoms with Gasteiger partial charge in [0.05, 0.1) is 50.2 Å². The second-order valence-corrected chi connectivity index (χ2v) is 37.9. The number of imide groups is 2. The molecule has 27 nitrogen and oxygen atoms in total. The first kappa shape index (κ1) is 86.6. The fourth-order valence-electron chi connectivity index (χ4n) is 15.1. The fourth-order valence-corrected chi connectivity index (χ4v) is 20.3. The van der Waals surface area contributed by atoms with Crippen LogP contribution in [0.25, 0.3) is 0 Å². The first-order valence-corrected chi connectivity index (χ1v) is 43.6. The number of ketones is 3. The molecule has 3 aliphatic carbocycles. The van der Waals surface area contributed by atoms with E-state index in [4.69, 9.17) is 18.4 Å². The number of fused-ring (bicyclic) bond motifs is 6. The van der Waals surface area contributed by atoms with Gasteiger partial charge in [-0.2, -0.15) is 8.42 Å². The van der Waals surface area contributed by atoms with E-state index >= 15 is 0 Å². The topological polar surface area (TPSA) is 336 Å². The fraction of sp³-hybridized carbons (Fsp3) is 0.564. The average molecular weight is 1600 g/mol. The molecule has 33 heteroatoms. The second-order valence-electron chi connectivity index (χ2n) is 29.7. The second kappa shape index (κ2) is 38.5. The Kier molecular flexibility index (Phi) is 30.0. The van der Waals surface area contributed by atoms with Crippen LogP contribution in [0.3, 0.4) is 0 Å². The van der Waals surface area contributed by atoms with E-state index in [2.05, 4.69) is 15.0 Å². The van der Waals surface area contributed by atoms with Crippen LogP contribution in [-0.4, -0.2) is 258 Å². The Morgan fingerprint density at radius 1 is 0.523 bits per heavy atom. The van der Waals surface area contributed by atoms with Gasteiger partial charge in [-0.25, -0.2) is 13.2 Å². The lowest BCUT2D eigenvalue weighted by atomic mass is 9.89. The summed E-state index contributed by atoms with van der Waals surface area (Å²) in [6.07, 6.45) is 13.1. The Balaban J connectivity index is 0.000000237. The number of nitrogens with zero attached hydrogens (tertiary/aromatic N) is 9. The number of hydrogen-bond donors (Lipinski definition) is 1. The number of aromatic hydroxyl groups is 1. The molecule has 3 fully saturated rings. The van der Waals surface area contributed by atoms with E-state index in [0.717, 1.165) is 16.1 Å². The zero-order valence-electron chi connectivity index (χ0n) is 64.4. The number of hydrogen-bond acceptors (Lipinski definition) is 21. The van der Waals surface area contributed by atoms with Crippen LogP contribution in [0.1, 0.15) is 133 Å².